The van der Waals surface area contributed by atoms with Gasteiger partial charge in [-0.3, -0.25) is 9.59 Å². The molecule has 0 saturated heterocycles. The van der Waals surface area contributed by atoms with Crippen LogP contribution in [0.25, 0.3) is 0 Å². The Kier molecular flexibility index (Phi) is 9.57. The van der Waals surface area contributed by atoms with Gasteiger partial charge in [0.15, 0.2) is 0 Å². The zero-order chi connectivity index (χ0) is 21.1. The van der Waals surface area contributed by atoms with Gasteiger partial charge in [-0.15, -0.1) is 11.8 Å². The summed E-state index contributed by atoms with van der Waals surface area (Å²) >= 11 is 1.56. The van der Waals surface area contributed by atoms with Gasteiger partial charge in [0.1, 0.15) is 11.8 Å². The van der Waals surface area contributed by atoms with E-state index in [1.807, 2.05) is 68.4 Å². The van der Waals surface area contributed by atoms with E-state index in [1.165, 1.54) is 0 Å². The monoisotopic (exact) mass is 414 g/mol. The number of ether oxygens (including phenoxy) is 1. The number of likely N-dealkylation sites (N-methyl/N-ethyl adjacent to an activating group) is 1. The Morgan fingerprint density at radius 1 is 1.03 bits per heavy atom. The van der Waals surface area contributed by atoms with Crippen LogP contribution in [0.5, 0.6) is 5.75 Å². The zero-order valence-electron chi connectivity index (χ0n) is 17.4. The van der Waals surface area contributed by atoms with Crippen LogP contribution in [0.2, 0.25) is 0 Å². The fraction of sp³-hybridized carbons (Fsp3) is 0.391. The van der Waals surface area contributed by atoms with Gasteiger partial charge >= 0.3 is 0 Å². The molecule has 5 nitrogen and oxygen atoms in total. The van der Waals surface area contributed by atoms with Crippen molar-refractivity contribution in [2.24, 2.45) is 0 Å². The van der Waals surface area contributed by atoms with Crippen molar-refractivity contribution in [3.63, 3.8) is 0 Å². The van der Waals surface area contributed by atoms with E-state index in [4.69, 9.17) is 4.74 Å². The second-order valence-corrected chi connectivity index (χ2v) is 7.65. The van der Waals surface area contributed by atoms with Gasteiger partial charge in [0, 0.05) is 18.8 Å². The largest absolute Gasteiger partial charge is 0.497 e. The first-order valence-corrected chi connectivity index (χ1v) is 11.1. The summed E-state index contributed by atoms with van der Waals surface area (Å²) in [4.78, 5) is 27.3. The predicted octanol–water partition coefficient (Wildman–Crippen LogP) is 3.87. The molecule has 0 heterocycles. The number of nitrogens with one attached hydrogen (secondary N) is 1. The van der Waals surface area contributed by atoms with Gasteiger partial charge in [0.2, 0.25) is 11.8 Å². The first kappa shape index (κ1) is 22.8. The topological polar surface area (TPSA) is 58.6 Å². The van der Waals surface area contributed by atoms with Crippen LogP contribution in [0.3, 0.4) is 0 Å². The highest BCUT2D eigenvalue weighted by Gasteiger charge is 2.28. The molecule has 1 unspecified atom stereocenters. The Balaban J connectivity index is 2.04. The van der Waals surface area contributed by atoms with Crippen LogP contribution in [-0.2, 0) is 21.9 Å². The Hall–Kier alpha value is -2.47. The molecule has 0 aromatic heterocycles. The van der Waals surface area contributed by atoms with Gasteiger partial charge < -0.3 is 15.0 Å². The summed E-state index contributed by atoms with van der Waals surface area (Å²) in [6.07, 6.45) is 0.577. The number of hydrogen-bond acceptors (Lipinski definition) is 4. The van der Waals surface area contributed by atoms with Crippen LogP contribution in [0.1, 0.15) is 31.4 Å². The van der Waals surface area contributed by atoms with Gasteiger partial charge in [-0.25, -0.2) is 0 Å². The van der Waals surface area contributed by atoms with Crippen molar-refractivity contribution in [3.05, 3.63) is 65.7 Å². The summed E-state index contributed by atoms with van der Waals surface area (Å²) in [6, 6.07) is 17.2. The molecular formula is C23H30N2O3S. The molecule has 2 aromatic carbocycles. The summed E-state index contributed by atoms with van der Waals surface area (Å²) < 4.78 is 5.18. The van der Waals surface area contributed by atoms with E-state index < -0.39 is 6.04 Å². The molecule has 0 aliphatic rings. The lowest BCUT2D eigenvalue weighted by Gasteiger charge is -2.30. The minimum Gasteiger partial charge on any atom is -0.497 e. The predicted molar refractivity (Wildman–Crippen MR) is 119 cm³/mol. The molecule has 0 saturated carbocycles. The normalized spacial score (nSPS) is 11.6. The third-order valence-electron chi connectivity index (χ3n) is 4.59. The number of rotatable bonds is 11. The van der Waals surface area contributed by atoms with Crippen LogP contribution in [0.4, 0.5) is 0 Å². The van der Waals surface area contributed by atoms with Gasteiger partial charge in [0.25, 0.3) is 0 Å². The standard InChI is InChI=1S/C23H30N2O3S/c1-4-21(23(27)24-5-2)25(15-18-9-7-6-8-10-18)22(26)17-29-16-19-11-13-20(28-3)14-12-19/h6-14,21H,4-5,15-17H2,1-3H3,(H,24,27). The Morgan fingerprint density at radius 3 is 2.31 bits per heavy atom. The SMILES string of the molecule is CCNC(=O)C(CC)N(Cc1ccccc1)C(=O)CSCc1ccc(OC)cc1. The molecule has 1 atom stereocenters. The first-order valence-electron chi connectivity index (χ1n) is 9.90. The number of benzene rings is 2. The summed E-state index contributed by atoms with van der Waals surface area (Å²) in [5, 5.41) is 2.86. The van der Waals surface area contributed by atoms with Crippen LogP contribution in [0, 0.1) is 0 Å². The molecule has 2 amide bonds. The highest BCUT2D eigenvalue weighted by atomic mass is 32.2. The number of carbonyl (C=O) groups excluding carboxylic acids is 2. The van der Waals surface area contributed by atoms with Gasteiger partial charge in [0.05, 0.1) is 12.9 Å². The van der Waals surface area contributed by atoms with Gasteiger partial charge in [-0.2, -0.15) is 0 Å². The third kappa shape index (κ3) is 7.13. The maximum atomic E-state index is 13.1. The Labute approximate surface area is 177 Å². The molecule has 2 rings (SSSR count). The van der Waals surface area contributed by atoms with Crippen molar-refractivity contribution in [1.29, 1.82) is 0 Å². The molecule has 29 heavy (non-hydrogen) atoms. The summed E-state index contributed by atoms with van der Waals surface area (Å²) in [7, 11) is 1.64. The number of nitrogens with zero attached hydrogens (tertiary/aromatic N) is 1. The minimum absolute atomic E-state index is 0.0227. The van der Waals surface area contributed by atoms with Crippen molar-refractivity contribution in [1.82, 2.24) is 10.2 Å². The highest BCUT2D eigenvalue weighted by Crippen LogP contribution is 2.19. The van der Waals surface area contributed by atoms with E-state index in [2.05, 4.69) is 5.32 Å². The van der Waals surface area contributed by atoms with Crippen LogP contribution in [-0.4, -0.2) is 42.2 Å². The maximum absolute atomic E-state index is 13.1. The van der Waals surface area contributed by atoms with E-state index >= 15 is 0 Å². The van der Waals surface area contributed by atoms with Crippen molar-refractivity contribution >= 4 is 23.6 Å². The van der Waals surface area contributed by atoms with E-state index in [9.17, 15) is 9.59 Å². The second-order valence-electron chi connectivity index (χ2n) is 6.67. The minimum atomic E-state index is -0.468. The zero-order valence-corrected chi connectivity index (χ0v) is 18.2. The van der Waals surface area contributed by atoms with Crippen LogP contribution < -0.4 is 10.1 Å². The van der Waals surface area contributed by atoms with Gasteiger partial charge in [-0.1, -0.05) is 49.4 Å². The molecule has 6 heteroatoms. The molecule has 2 aromatic rings. The summed E-state index contributed by atoms with van der Waals surface area (Å²) in [6.45, 7) is 4.81. The quantitative estimate of drug-likeness (QED) is 0.606. The molecule has 1 N–H and O–H groups in total. The summed E-state index contributed by atoms with van der Waals surface area (Å²) in [5.74, 6) is 1.75. The molecule has 0 aliphatic carbocycles. The first-order chi connectivity index (χ1) is 14.1. The number of methoxy groups -OCH3 is 1. The lowest BCUT2D eigenvalue weighted by Crippen LogP contribution is -2.49. The van der Waals surface area contributed by atoms with Crippen molar-refractivity contribution in [2.45, 2.75) is 38.6 Å². The number of hydrogen-bond donors (Lipinski definition) is 1. The number of thioether (sulfide) groups is 1. The third-order valence-corrected chi connectivity index (χ3v) is 5.57. The van der Waals surface area contributed by atoms with E-state index in [-0.39, 0.29) is 11.8 Å². The maximum Gasteiger partial charge on any atom is 0.242 e. The van der Waals surface area contributed by atoms with Crippen molar-refractivity contribution in [3.8, 4) is 5.75 Å². The number of amides is 2. The highest BCUT2D eigenvalue weighted by molar-refractivity contribution is 7.99. The van der Waals surface area contributed by atoms with Crippen LogP contribution in [0.15, 0.2) is 54.6 Å². The van der Waals surface area contributed by atoms with E-state index in [0.29, 0.717) is 25.3 Å². The fourth-order valence-corrected chi connectivity index (χ4v) is 3.92. The van der Waals surface area contributed by atoms with Crippen molar-refractivity contribution in [2.75, 3.05) is 19.4 Å². The molecule has 0 radical (unpaired) electrons. The lowest BCUT2D eigenvalue weighted by molar-refractivity contribution is -0.139. The average Bonchev–Trinajstić information content (AvgIpc) is 2.75. The molecule has 0 spiro atoms. The second kappa shape index (κ2) is 12.2. The Morgan fingerprint density at radius 2 is 1.72 bits per heavy atom. The van der Waals surface area contributed by atoms with Gasteiger partial charge in [-0.05, 0) is 36.6 Å². The molecule has 0 aliphatic heterocycles. The van der Waals surface area contributed by atoms with E-state index in [1.54, 1.807) is 23.8 Å². The summed E-state index contributed by atoms with van der Waals surface area (Å²) in [5.41, 5.74) is 2.15. The Bertz CT molecular complexity index is 765. The van der Waals surface area contributed by atoms with Crippen molar-refractivity contribution < 1.29 is 14.3 Å². The van der Waals surface area contributed by atoms with E-state index in [0.717, 1.165) is 22.6 Å². The smallest absolute Gasteiger partial charge is 0.242 e. The molecular weight excluding hydrogens is 384 g/mol. The average molecular weight is 415 g/mol. The molecule has 156 valence electrons. The lowest BCUT2D eigenvalue weighted by atomic mass is 10.1. The fourth-order valence-electron chi connectivity index (χ4n) is 3.05. The van der Waals surface area contributed by atoms with Crippen LogP contribution >= 0.6 is 11.8 Å². The molecule has 0 bridgehead atoms. The molecule has 0 fully saturated rings. The number of carbonyl (C=O) groups is 2.